The molecule has 0 aromatic carbocycles. The van der Waals surface area contributed by atoms with Gasteiger partial charge in [-0.05, 0) is 19.9 Å². The van der Waals surface area contributed by atoms with E-state index in [-0.39, 0.29) is 39.8 Å². The lowest BCUT2D eigenvalue weighted by Crippen LogP contribution is -2.57. The number of nitrogens with zero attached hydrogens (tertiary/aromatic N) is 5. The van der Waals surface area contributed by atoms with Crippen molar-refractivity contribution in [2.24, 2.45) is 5.41 Å². The molecule has 0 spiro atoms. The number of amides is 2. The Hall–Kier alpha value is -3.82. The number of anilines is 2. The molecule has 2 amide bonds. The molecular formula is C21H17F6N7O3. The van der Waals surface area contributed by atoms with Gasteiger partial charge in [0.2, 0.25) is 5.91 Å². The van der Waals surface area contributed by atoms with E-state index in [1.165, 1.54) is 21.0 Å². The lowest BCUT2D eigenvalue weighted by molar-refractivity contribution is -0.285. The van der Waals surface area contributed by atoms with Crippen molar-refractivity contribution >= 4 is 34.5 Å². The molecule has 2 N–H and O–H groups in total. The average Bonchev–Trinajstić information content (AvgIpc) is 3.30. The fourth-order valence-corrected chi connectivity index (χ4v) is 4.60. The summed E-state index contributed by atoms with van der Waals surface area (Å²) in [6, 6.07) is 0.935. The van der Waals surface area contributed by atoms with Gasteiger partial charge < -0.3 is 15.4 Å². The van der Waals surface area contributed by atoms with Gasteiger partial charge in [0, 0.05) is 20.1 Å². The monoisotopic (exact) mass is 529 g/mol. The first-order valence-electron chi connectivity index (χ1n) is 10.7. The molecule has 3 aromatic heterocycles. The van der Waals surface area contributed by atoms with Crippen molar-refractivity contribution in [1.29, 1.82) is 0 Å². The van der Waals surface area contributed by atoms with Crippen LogP contribution in [0.15, 0.2) is 12.3 Å². The summed E-state index contributed by atoms with van der Waals surface area (Å²) in [6.45, 7) is 2.07. The molecule has 2 aliphatic rings. The summed E-state index contributed by atoms with van der Waals surface area (Å²) in [4.78, 5) is 38.2. The standard InChI is InChI=1S/C21H17F6N7O3/c1-18(2)16(35)31-12-10-13(32-17(36)20(10,18)37-3)30-14(29-12)11-9-6-8(22)7-28-15(9)34(33-11)5-4-19(23,24)21(25,26)27/h6-7H,4-5H2,1-3H3,(H2,29,30,31,32,35,36)/t20-/m1/s1. The number of ether oxygens (including phenoxy) is 1. The average molecular weight is 529 g/mol. The number of aryl methyl sites for hydroxylation is 1. The Morgan fingerprint density at radius 3 is 2.27 bits per heavy atom. The lowest BCUT2D eigenvalue weighted by atomic mass is 9.68. The summed E-state index contributed by atoms with van der Waals surface area (Å²) in [5, 5.41) is 9.04. The van der Waals surface area contributed by atoms with Crippen molar-refractivity contribution in [3.8, 4) is 11.5 Å². The van der Waals surface area contributed by atoms with E-state index in [4.69, 9.17) is 4.74 Å². The van der Waals surface area contributed by atoms with Gasteiger partial charge in [0.1, 0.15) is 23.1 Å². The van der Waals surface area contributed by atoms with Crippen LogP contribution in [0.5, 0.6) is 0 Å². The van der Waals surface area contributed by atoms with Crippen LogP contribution in [-0.4, -0.2) is 55.8 Å². The second kappa shape index (κ2) is 7.60. The van der Waals surface area contributed by atoms with Gasteiger partial charge in [-0.1, -0.05) is 0 Å². The first kappa shape index (κ1) is 24.9. The summed E-state index contributed by atoms with van der Waals surface area (Å²) >= 11 is 0. The van der Waals surface area contributed by atoms with Gasteiger partial charge in [-0.2, -0.15) is 27.1 Å². The summed E-state index contributed by atoms with van der Waals surface area (Å²) in [6.07, 6.45) is -6.68. The van der Waals surface area contributed by atoms with Crippen LogP contribution >= 0.6 is 0 Å². The van der Waals surface area contributed by atoms with E-state index in [1.807, 2.05) is 0 Å². The SMILES string of the molecule is CO[C@@]12C(=O)Nc3nc(-c4nn(CCC(F)(F)C(F)(F)F)c5ncc(F)cc45)nc(c31)NC(=O)C2(C)C. The molecule has 2 aliphatic heterocycles. The predicted octanol–water partition coefficient (Wildman–Crippen LogP) is 3.39. The summed E-state index contributed by atoms with van der Waals surface area (Å²) in [5.74, 6) is -7.58. The van der Waals surface area contributed by atoms with E-state index >= 15 is 0 Å². The minimum atomic E-state index is -5.78. The van der Waals surface area contributed by atoms with Crippen LogP contribution in [0, 0.1) is 11.2 Å². The van der Waals surface area contributed by atoms with Crippen molar-refractivity contribution in [1.82, 2.24) is 24.7 Å². The Bertz CT molecular complexity index is 1490. The fourth-order valence-electron chi connectivity index (χ4n) is 4.60. The van der Waals surface area contributed by atoms with Crippen molar-refractivity contribution < 1.29 is 40.7 Å². The van der Waals surface area contributed by atoms with E-state index < -0.39 is 53.7 Å². The Balaban J connectivity index is 1.66. The number of aromatic nitrogens is 5. The van der Waals surface area contributed by atoms with E-state index in [2.05, 4.69) is 30.7 Å². The third kappa shape index (κ3) is 3.30. The van der Waals surface area contributed by atoms with Gasteiger partial charge in [0.05, 0.1) is 22.6 Å². The minimum absolute atomic E-state index is 0.0457. The third-order valence-electron chi connectivity index (χ3n) is 6.62. The number of hydrogen-bond donors (Lipinski definition) is 2. The molecule has 0 fully saturated rings. The Morgan fingerprint density at radius 1 is 1.05 bits per heavy atom. The van der Waals surface area contributed by atoms with Gasteiger partial charge in [-0.15, -0.1) is 0 Å². The number of carbonyl (C=O) groups is 2. The van der Waals surface area contributed by atoms with Crippen molar-refractivity contribution in [3.05, 3.63) is 23.6 Å². The molecule has 3 aromatic rings. The molecule has 10 nitrogen and oxygen atoms in total. The molecule has 16 heteroatoms. The zero-order chi connectivity index (χ0) is 27.1. The number of rotatable bonds is 5. The smallest absolute Gasteiger partial charge is 0.362 e. The number of alkyl halides is 5. The number of carbonyl (C=O) groups excluding carboxylic acids is 2. The number of halogens is 6. The van der Waals surface area contributed by atoms with E-state index in [1.54, 1.807) is 0 Å². The number of pyridine rings is 1. The molecule has 0 saturated carbocycles. The molecule has 0 aliphatic carbocycles. The summed E-state index contributed by atoms with van der Waals surface area (Å²) in [7, 11) is 1.24. The van der Waals surface area contributed by atoms with Gasteiger partial charge in [0.25, 0.3) is 5.91 Å². The number of fused-ring (bicyclic) bond motifs is 1. The maximum Gasteiger partial charge on any atom is 0.453 e. The van der Waals surface area contributed by atoms with Crippen LogP contribution in [0.4, 0.5) is 38.0 Å². The highest BCUT2D eigenvalue weighted by Crippen LogP contribution is 2.55. The van der Waals surface area contributed by atoms with E-state index in [0.29, 0.717) is 0 Å². The highest BCUT2D eigenvalue weighted by molar-refractivity contribution is 6.14. The molecule has 0 radical (unpaired) electrons. The maximum atomic E-state index is 14.0. The first-order valence-corrected chi connectivity index (χ1v) is 10.7. The topological polar surface area (TPSA) is 124 Å². The quantitative estimate of drug-likeness (QED) is 0.486. The largest absolute Gasteiger partial charge is 0.453 e. The Kier molecular flexibility index (Phi) is 5.10. The molecule has 1 atom stereocenters. The van der Waals surface area contributed by atoms with Crippen LogP contribution in [0.25, 0.3) is 22.6 Å². The lowest BCUT2D eigenvalue weighted by Gasteiger charge is -2.43. The van der Waals surface area contributed by atoms with Crippen LogP contribution < -0.4 is 10.6 Å². The molecule has 0 saturated heterocycles. The minimum Gasteiger partial charge on any atom is -0.362 e. The predicted molar refractivity (Wildman–Crippen MR) is 114 cm³/mol. The molecule has 5 heterocycles. The molecule has 37 heavy (non-hydrogen) atoms. The third-order valence-corrected chi connectivity index (χ3v) is 6.62. The second-order valence-electron chi connectivity index (χ2n) is 9.09. The summed E-state index contributed by atoms with van der Waals surface area (Å²) in [5.41, 5.74) is -3.42. The Morgan fingerprint density at radius 2 is 1.68 bits per heavy atom. The first-order chi connectivity index (χ1) is 17.1. The Labute approximate surface area is 203 Å². The number of hydrogen-bond acceptors (Lipinski definition) is 7. The van der Waals surface area contributed by atoms with Crippen molar-refractivity contribution in [2.75, 3.05) is 17.7 Å². The molecule has 5 rings (SSSR count). The molecule has 0 unspecified atom stereocenters. The van der Waals surface area contributed by atoms with E-state index in [9.17, 15) is 35.9 Å². The van der Waals surface area contributed by atoms with Gasteiger partial charge in [-0.25, -0.2) is 24.0 Å². The zero-order valence-electron chi connectivity index (χ0n) is 19.3. The van der Waals surface area contributed by atoms with Crippen LogP contribution in [-0.2, 0) is 26.5 Å². The van der Waals surface area contributed by atoms with Crippen molar-refractivity contribution in [2.45, 2.75) is 44.5 Å². The maximum absolute atomic E-state index is 14.0. The van der Waals surface area contributed by atoms with Gasteiger partial charge >= 0.3 is 12.1 Å². The summed E-state index contributed by atoms with van der Waals surface area (Å²) < 4.78 is 85.4. The van der Waals surface area contributed by atoms with Crippen LogP contribution in [0.2, 0.25) is 0 Å². The van der Waals surface area contributed by atoms with E-state index in [0.717, 1.165) is 16.9 Å². The number of nitrogens with one attached hydrogen (secondary N) is 2. The highest BCUT2D eigenvalue weighted by Gasteiger charge is 2.65. The van der Waals surface area contributed by atoms with Crippen molar-refractivity contribution in [3.63, 3.8) is 0 Å². The fraction of sp³-hybridized carbons (Fsp3) is 0.429. The molecule has 0 bridgehead atoms. The zero-order valence-corrected chi connectivity index (χ0v) is 19.3. The number of methoxy groups -OCH3 is 1. The molecular weight excluding hydrogens is 512 g/mol. The normalized spacial score (nSPS) is 20.7. The van der Waals surface area contributed by atoms with Gasteiger partial charge in [-0.3, -0.25) is 9.59 Å². The van der Waals surface area contributed by atoms with Crippen LogP contribution in [0.3, 0.4) is 0 Å². The van der Waals surface area contributed by atoms with Gasteiger partial charge in [0.15, 0.2) is 17.1 Å². The highest BCUT2D eigenvalue weighted by atomic mass is 19.4. The molecule has 196 valence electrons. The van der Waals surface area contributed by atoms with Crippen LogP contribution in [0.1, 0.15) is 25.8 Å². The second-order valence-corrected chi connectivity index (χ2v) is 9.09.